The molecule has 0 aliphatic carbocycles. The van der Waals surface area contributed by atoms with E-state index in [9.17, 15) is 4.79 Å². The second kappa shape index (κ2) is 13.3. The standard InChI is InChI=1S/C14H25NOS4/c1-2-14(16)15-4-8-19-12-10-17-6-3-7-18-11-13-20-9-5-15/h2H,1,3-13H2. The predicted molar refractivity (Wildman–Crippen MR) is 101 cm³/mol. The molecule has 6 heteroatoms. The van der Waals surface area contributed by atoms with Crippen molar-refractivity contribution in [2.45, 2.75) is 6.42 Å². The van der Waals surface area contributed by atoms with Crippen LogP contribution in [0.3, 0.4) is 0 Å². The summed E-state index contributed by atoms with van der Waals surface area (Å²) in [5, 5.41) is 0. The van der Waals surface area contributed by atoms with E-state index < -0.39 is 0 Å². The van der Waals surface area contributed by atoms with Crippen molar-refractivity contribution in [1.29, 1.82) is 0 Å². The molecule has 0 aromatic rings. The summed E-state index contributed by atoms with van der Waals surface area (Å²) in [7, 11) is 0. The van der Waals surface area contributed by atoms with Gasteiger partial charge in [0.15, 0.2) is 0 Å². The molecule has 2 nitrogen and oxygen atoms in total. The molecule has 1 aliphatic rings. The minimum absolute atomic E-state index is 0.0797. The lowest BCUT2D eigenvalue weighted by Crippen LogP contribution is -2.33. The molecule has 1 fully saturated rings. The van der Waals surface area contributed by atoms with Gasteiger partial charge in [0.25, 0.3) is 0 Å². The van der Waals surface area contributed by atoms with Gasteiger partial charge in [-0.3, -0.25) is 4.79 Å². The maximum absolute atomic E-state index is 11.8. The minimum atomic E-state index is 0.0797. The van der Waals surface area contributed by atoms with E-state index in [1.165, 1.54) is 47.0 Å². The molecular weight excluding hydrogens is 326 g/mol. The molecule has 1 amide bonds. The fourth-order valence-corrected chi connectivity index (χ4v) is 6.00. The van der Waals surface area contributed by atoms with Crippen molar-refractivity contribution < 1.29 is 4.79 Å². The van der Waals surface area contributed by atoms with Crippen molar-refractivity contribution in [1.82, 2.24) is 4.90 Å². The number of hydrogen-bond acceptors (Lipinski definition) is 5. The Morgan fingerprint density at radius 3 is 1.70 bits per heavy atom. The fraction of sp³-hybridized carbons (Fsp3) is 0.786. The number of nitrogens with zero attached hydrogens (tertiary/aromatic N) is 1. The summed E-state index contributed by atoms with van der Waals surface area (Å²) in [6.45, 7) is 5.32. The average molecular weight is 352 g/mol. The molecule has 0 bridgehead atoms. The van der Waals surface area contributed by atoms with E-state index in [0.717, 1.165) is 24.6 Å². The van der Waals surface area contributed by atoms with Crippen LogP contribution in [0.2, 0.25) is 0 Å². The van der Waals surface area contributed by atoms with Gasteiger partial charge in [0.2, 0.25) is 5.91 Å². The molecule has 0 spiro atoms. The molecule has 0 unspecified atom stereocenters. The van der Waals surface area contributed by atoms with Gasteiger partial charge in [0.1, 0.15) is 0 Å². The summed E-state index contributed by atoms with van der Waals surface area (Å²) < 4.78 is 0. The molecule has 0 aromatic heterocycles. The topological polar surface area (TPSA) is 20.3 Å². The van der Waals surface area contributed by atoms with Gasteiger partial charge < -0.3 is 4.90 Å². The fourth-order valence-electron chi connectivity index (χ4n) is 1.72. The maximum atomic E-state index is 11.8. The van der Waals surface area contributed by atoms with Gasteiger partial charge in [-0.25, -0.2) is 0 Å². The van der Waals surface area contributed by atoms with E-state index in [4.69, 9.17) is 0 Å². The first-order chi connectivity index (χ1) is 9.84. The highest BCUT2D eigenvalue weighted by atomic mass is 32.2. The van der Waals surface area contributed by atoms with Crippen molar-refractivity contribution in [3.63, 3.8) is 0 Å². The van der Waals surface area contributed by atoms with Crippen LogP contribution in [0, 0.1) is 0 Å². The first-order valence-corrected chi connectivity index (χ1v) is 11.7. The molecule has 1 saturated heterocycles. The Morgan fingerprint density at radius 1 is 0.800 bits per heavy atom. The third kappa shape index (κ3) is 9.53. The number of rotatable bonds is 1. The summed E-state index contributed by atoms with van der Waals surface area (Å²) in [6.07, 6.45) is 2.78. The zero-order chi connectivity index (χ0) is 14.5. The number of carbonyl (C=O) groups excluding carboxylic acids is 1. The summed E-state index contributed by atoms with van der Waals surface area (Å²) in [6, 6.07) is 0. The van der Waals surface area contributed by atoms with Gasteiger partial charge in [-0.15, -0.1) is 0 Å². The Balaban J connectivity index is 2.31. The van der Waals surface area contributed by atoms with Crippen LogP contribution in [0.1, 0.15) is 6.42 Å². The summed E-state index contributed by atoms with van der Waals surface area (Å²) in [4.78, 5) is 13.7. The lowest BCUT2D eigenvalue weighted by Gasteiger charge is -2.21. The van der Waals surface area contributed by atoms with Crippen LogP contribution in [0.4, 0.5) is 0 Å². The van der Waals surface area contributed by atoms with E-state index in [1.807, 2.05) is 28.4 Å². The second-order valence-corrected chi connectivity index (χ2v) is 9.23. The molecule has 0 atom stereocenters. The predicted octanol–water partition coefficient (Wildman–Crippen LogP) is 3.34. The molecule has 0 aromatic carbocycles. The lowest BCUT2D eigenvalue weighted by atomic mass is 10.4. The zero-order valence-electron chi connectivity index (χ0n) is 12.1. The monoisotopic (exact) mass is 351 g/mol. The van der Waals surface area contributed by atoms with Crippen LogP contribution in [-0.4, -0.2) is 69.9 Å². The Kier molecular flexibility index (Phi) is 12.4. The van der Waals surface area contributed by atoms with E-state index >= 15 is 0 Å². The van der Waals surface area contributed by atoms with Crippen molar-refractivity contribution in [3.8, 4) is 0 Å². The Labute approximate surface area is 140 Å². The minimum Gasteiger partial charge on any atom is -0.338 e. The molecule has 0 N–H and O–H groups in total. The SMILES string of the molecule is C=CC(=O)N1CCSCCSCCCSCCSCC1. The Bertz CT molecular complexity index is 260. The third-order valence-electron chi connectivity index (χ3n) is 2.82. The molecule has 0 radical (unpaired) electrons. The van der Waals surface area contributed by atoms with Gasteiger partial charge in [0, 0.05) is 47.6 Å². The molecule has 0 saturated carbocycles. The molecule has 116 valence electrons. The van der Waals surface area contributed by atoms with Crippen LogP contribution in [0.5, 0.6) is 0 Å². The molecule has 1 rings (SSSR count). The number of thioether (sulfide) groups is 4. The van der Waals surface area contributed by atoms with Gasteiger partial charge >= 0.3 is 0 Å². The van der Waals surface area contributed by atoms with Crippen LogP contribution in [-0.2, 0) is 4.79 Å². The van der Waals surface area contributed by atoms with Crippen LogP contribution < -0.4 is 0 Å². The first kappa shape index (κ1) is 18.7. The third-order valence-corrected chi connectivity index (χ3v) is 7.40. The maximum Gasteiger partial charge on any atom is 0.246 e. The highest BCUT2D eigenvalue weighted by Gasteiger charge is 2.09. The molecule has 1 aliphatic heterocycles. The smallest absolute Gasteiger partial charge is 0.246 e. The molecular formula is C14H25NOS4. The normalized spacial score (nSPS) is 21.3. The van der Waals surface area contributed by atoms with E-state index in [-0.39, 0.29) is 5.91 Å². The van der Waals surface area contributed by atoms with Crippen molar-refractivity contribution in [3.05, 3.63) is 12.7 Å². The second-order valence-electron chi connectivity index (χ2n) is 4.33. The molecule has 1 heterocycles. The van der Waals surface area contributed by atoms with Crippen molar-refractivity contribution in [2.24, 2.45) is 0 Å². The summed E-state index contributed by atoms with van der Waals surface area (Å²) in [5.41, 5.74) is 0. The van der Waals surface area contributed by atoms with Crippen LogP contribution in [0.25, 0.3) is 0 Å². The largest absolute Gasteiger partial charge is 0.338 e. The number of carbonyl (C=O) groups is 1. The number of hydrogen-bond donors (Lipinski definition) is 0. The van der Waals surface area contributed by atoms with Gasteiger partial charge in [-0.1, -0.05) is 6.58 Å². The highest BCUT2D eigenvalue weighted by Crippen LogP contribution is 2.13. The average Bonchev–Trinajstić information content (AvgIpc) is 2.46. The van der Waals surface area contributed by atoms with E-state index in [0.29, 0.717) is 0 Å². The van der Waals surface area contributed by atoms with Crippen molar-refractivity contribution in [2.75, 3.05) is 59.1 Å². The quantitative estimate of drug-likeness (QED) is 0.673. The Morgan fingerprint density at radius 2 is 1.25 bits per heavy atom. The Hall–Kier alpha value is 0.610. The van der Waals surface area contributed by atoms with Gasteiger partial charge in [-0.2, -0.15) is 47.0 Å². The summed E-state index contributed by atoms with van der Waals surface area (Å²) in [5.74, 6) is 9.62. The highest BCUT2D eigenvalue weighted by molar-refractivity contribution is 8.03. The lowest BCUT2D eigenvalue weighted by molar-refractivity contribution is -0.125. The summed E-state index contributed by atoms with van der Waals surface area (Å²) >= 11 is 8.05. The van der Waals surface area contributed by atoms with Crippen LogP contribution in [0.15, 0.2) is 12.7 Å². The van der Waals surface area contributed by atoms with E-state index in [2.05, 4.69) is 30.1 Å². The number of amides is 1. The van der Waals surface area contributed by atoms with Gasteiger partial charge in [-0.05, 0) is 24.0 Å². The van der Waals surface area contributed by atoms with Crippen molar-refractivity contribution >= 4 is 53.0 Å². The van der Waals surface area contributed by atoms with Crippen LogP contribution >= 0.6 is 47.0 Å². The zero-order valence-corrected chi connectivity index (χ0v) is 15.3. The molecule has 20 heavy (non-hydrogen) atoms. The van der Waals surface area contributed by atoms with Gasteiger partial charge in [0.05, 0.1) is 0 Å². The van der Waals surface area contributed by atoms with E-state index in [1.54, 1.807) is 0 Å². The first-order valence-electron chi connectivity index (χ1n) is 7.07.